The van der Waals surface area contributed by atoms with Crippen LogP contribution < -0.4 is 5.32 Å². The van der Waals surface area contributed by atoms with E-state index in [9.17, 15) is 9.90 Å². The van der Waals surface area contributed by atoms with E-state index in [2.05, 4.69) is 10.3 Å². The minimum atomic E-state index is -0.161. The van der Waals surface area contributed by atoms with Crippen LogP contribution in [0.4, 0.5) is 0 Å². The zero-order chi connectivity index (χ0) is 18.8. The monoisotopic (exact) mass is 346 g/mol. The van der Waals surface area contributed by atoms with Crippen LogP contribution in [0, 0.1) is 6.92 Å². The lowest BCUT2D eigenvalue weighted by Crippen LogP contribution is -2.31. The number of aromatic hydroxyl groups is 1. The van der Waals surface area contributed by atoms with Crippen LogP contribution in [0.2, 0.25) is 0 Å². The van der Waals surface area contributed by atoms with Crippen molar-refractivity contribution in [2.24, 2.45) is 0 Å². The maximum Gasteiger partial charge on any atom is 0.252 e. The number of hydrogen-bond donors (Lipinski definition) is 2. The van der Waals surface area contributed by atoms with E-state index in [1.54, 1.807) is 31.3 Å². The number of pyridine rings is 1. The van der Waals surface area contributed by atoms with E-state index in [0.29, 0.717) is 28.6 Å². The fourth-order valence-corrected chi connectivity index (χ4v) is 2.66. The summed E-state index contributed by atoms with van der Waals surface area (Å²) in [6.07, 6.45) is 3.75. The van der Waals surface area contributed by atoms with Gasteiger partial charge in [-0.2, -0.15) is 0 Å². The molecule has 1 aliphatic heterocycles. The summed E-state index contributed by atoms with van der Waals surface area (Å²) in [5, 5.41) is 13.6. The van der Waals surface area contributed by atoms with Gasteiger partial charge in [-0.1, -0.05) is 33.8 Å². The van der Waals surface area contributed by atoms with E-state index in [0.717, 1.165) is 19.4 Å². The van der Waals surface area contributed by atoms with Gasteiger partial charge in [-0.15, -0.1) is 0 Å². The average molecular weight is 346 g/mol. The van der Waals surface area contributed by atoms with E-state index in [-0.39, 0.29) is 17.8 Å². The number of aromatic nitrogens is 1. The predicted octanol–water partition coefficient (Wildman–Crippen LogP) is 4.21. The van der Waals surface area contributed by atoms with Gasteiger partial charge in [0.25, 0.3) is 5.91 Å². The number of phenolic OH excluding ortho intramolecular Hbond substituents is 1. The molecule has 2 aromatic rings. The lowest BCUT2D eigenvalue weighted by molar-refractivity contribution is 0.0859. The molecule has 1 fully saturated rings. The summed E-state index contributed by atoms with van der Waals surface area (Å²) in [4.78, 5) is 16.6. The Morgan fingerprint density at radius 2 is 2.08 bits per heavy atom. The van der Waals surface area contributed by atoms with Crippen molar-refractivity contribution in [1.29, 1.82) is 0 Å². The maximum atomic E-state index is 12.4. The molecule has 2 heterocycles. The van der Waals surface area contributed by atoms with Crippen molar-refractivity contribution in [2.75, 3.05) is 13.2 Å². The van der Waals surface area contributed by atoms with Crippen LogP contribution >= 0.6 is 0 Å². The van der Waals surface area contributed by atoms with Gasteiger partial charge in [0, 0.05) is 30.3 Å². The van der Waals surface area contributed by atoms with Crippen LogP contribution in [-0.4, -0.2) is 35.3 Å². The van der Waals surface area contributed by atoms with Crippen LogP contribution in [0.3, 0.4) is 0 Å². The van der Waals surface area contributed by atoms with E-state index in [1.165, 1.54) is 0 Å². The zero-order valence-electron chi connectivity index (χ0n) is 15.9. The van der Waals surface area contributed by atoms with Gasteiger partial charge in [0.15, 0.2) is 0 Å². The molecule has 5 nitrogen and oxygen atoms in total. The second-order valence-corrected chi connectivity index (χ2v) is 5.33. The molecule has 1 unspecified atom stereocenters. The van der Waals surface area contributed by atoms with Crippen molar-refractivity contribution >= 4 is 16.8 Å². The molecule has 0 spiro atoms. The van der Waals surface area contributed by atoms with Crippen molar-refractivity contribution in [3.8, 4) is 5.75 Å². The van der Waals surface area contributed by atoms with Gasteiger partial charge in [0.1, 0.15) is 11.3 Å². The van der Waals surface area contributed by atoms with Crippen molar-refractivity contribution < 1.29 is 14.6 Å². The normalized spacial score (nSPS) is 15.6. The molecule has 138 valence electrons. The van der Waals surface area contributed by atoms with Crippen LogP contribution in [0.15, 0.2) is 24.4 Å². The van der Waals surface area contributed by atoms with Gasteiger partial charge in [-0.3, -0.25) is 9.78 Å². The zero-order valence-corrected chi connectivity index (χ0v) is 15.9. The topological polar surface area (TPSA) is 71.5 Å². The summed E-state index contributed by atoms with van der Waals surface area (Å²) in [5.74, 6) is -0.0344. The number of hydrogen-bond acceptors (Lipinski definition) is 4. The van der Waals surface area contributed by atoms with E-state index in [1.807, 2.05) is 27.7 Å². The molecule has 1 amide bonds. The largest absolute Gasteiger partial charge is 0.505 e. The molecule has 1 aromatic heterocycles. The fourth-order valence-electron chi connectivity index (χ4n) is 2.66. The van der Waals surface area contributed by atoms with Gasteiger partial charge in [0.05, 0.1) is 6.10 Å². The Hall–Kier alpha value is -2.14. The average Bonchev–Trinajstić information content (AvgIpc) is 3.19. The van der Waals surface area contributed by atoms with Crippen molar-refractivity contribution in [2.45, 2.75) is 53.6 Å². The van der Waals surface area contributed by atoms with Crippen LogP contribution in [0.25, 0.3) is 10.9 Å². The summed E-state index contributed by atoms with van der Waals surface area (Å²) in [6, 6.07) is 5.25. The lowest BCUT2D eigenvalue weighted by atomic mass is 10.0. The molecule has 1 atom stereocenters. The first-order chi connectivity index (χ1) is 12.2. The standard InChI is InChI=1S/C16H18N2O3.2C2H6/c1-10-8-13(12-5-2-6-17-14(12)15(10)19)16(20)18-9-11-4-3-7-21-11;2*1-2/h2,5-6,8,11,19H,3-4,7,9H2,1H3,(H,18,20);2*1-2H3. The summed E-state index contributed by atoms with van der Waals surface area (Å²) in [5.41, 5.74) is 1.63. The molecule has 1 aliphatic rings. The molecule has 0 bridgehead atoms. The third kappa shape index (κ3) is 5.16. The SMILES string of the molecule is CC.CC.Cc1cc(C(=O)NCC2CCCO2)c2cccnc2c1O. The minimum Gasteiger partial charge on any atom is -0.505 e. The summed E-state index contributed by atoms with van der Waals surface area (Å²) >= 11 is 0. The molecular formula is C20H30N2O3. The number of nitrogens with zero attached hydrogens (tertiary/aromatic N) is 1. The van der Waals surface area contributed by atoms with Gasteiger partial charge in [-0.05, 0) is 37.5 Å². The van der Waals surface area contributed by atoms with Gasteiger partial charge in [0.2, 0.25) is 0 Å². The highest BCUT2D eigenvalue weighted by Gasteiger charge is 2.19. The smallest absolute Gasteiger partial charge is 0.252 e. The molecular weight excluding hydrogens is 316 g/mol. The van der Waals surface area contributed by atoms with Gasteiger partial charge < -0.3 is 15.2 Å². The number of aryl methyl sites for hydroxylation is 1. The number of benzene rings is 1. The van der Waals surface area contributed by atoms with Gasteiger partial charge in [-0.25, -0.2) is 0 Å². The second-order valence-electron chi connectivity index (χ2n) is 5.33. The second kappa shape index (κ2) is 10.7. The summed E-state index contributed by atoms with van der Waals surface area (Å²) < 4.78 is 5.50. The van der Waals surface area contributed by atoms with Crippen molar-refractivity contribution in [1.82, 2.24) is 10.3 Å². The third-order valence-electron chi connectivity index (χ3n) is 3.82. The molecule has 1 aromatic carbocycles. The summed E-state index contributed by atoms with van der Waals surface area (Å²) in [7, 11) is 0. The first-order valence-electron chi connectivity index (χ1n) is 9.14. The molecule has 0 saturated carbocycles. The first-order valence-corrected chi connectivity index (χ1v) is 9.14. The summed E-state index contributed by atoms with van der Waals surface area (Å²) in [6.45, 7) is 11.0. The highest BCUT2D eigenvalue weighted by molar-refractivity contribution is 6.08. The number of amides is 1. The van der Waals surface area contributed by atoms with Crippen molar-refractivity contribution in [3.63, 3.8) is 0 Å². The number of carbonyl (C=O) groups is 1. The Morgan fingerprint density at radius 1 is 1.36 bits per heavy atom. The van der Waals surface area contributed by atoms with E-state index < -0.39 is 0 Å². The molecule has 2 N–H and O–H groups in total. The number of rotatable bonds is 3. The van der Waals surface area contributed by atoms with E-state index >= 15 is 0 Å². The third-order valence-corrected chi connectivity index (χ3v) is 3.82. The number of phenols is 1. The quantitative estimate of drug-likeness (QED) is 0.873. The Kier molecular flexibility index (Phi) is 8.92. The van der Waals surface area contributed by atoms with Crippen molar-refractivity contribution in [3.05, 3.63) is 35.5 Å². The highest BCUT2D eigenvalue weighted by atomic mass is 16.5. The molecule has 25 heavy (non-hydrogen) atoms. The van der Waals surface area contributed by atoms with Gasteiger partial charge >= 0.3 is 0 Å². The Bertz CT molecular complexity index is 680. The Labute approximate surface area is 150 Å². The first kappa shape index (κ1) is 20.9. The number of carbonyl (C=O) groups excluding carboxylic acids is 1. The predicted molar refractivity (Wildman–Crippen MR) is 102 cm³/mol. The molecule has 3 rings (SSSR count). The van der Waals surface area contributed by atoms with E-state index in [4.69, 9.17) is 4.74 Å². The minimum absolute atomic E-state index is 0.108. The number of nitrogens with one attached hydrogen (secondary N) is 1. The molecule has 0 radical (unpaired) electrons. The number of fused-ring (bicyclic) bond motifs is 1. The van der Waals surface area contributed by atoms with Crippen LogP contribution in [0.1, 0.15) is 56.5 Å². The maximum absolute atomic E-state index is 12.4. The molecule has 0 aliphatic carbocycles. The molecule has 5 heteroatoms. The lowest BCUT2D eigenvalue weighted by Gasteiger charge is -2.13. The fraction of sp³-hybridized carbons (Fsp3) is 0.500. The van der Waals surface area contributed by atoms with Crippen LogP contribution in [0.5, 0.6) is 5.75 Å². The highest BCUT2D eigenvalue weighted by Crippen LogP contribution is 2.29. The number of ether oxygens (including phenoxy) is 1. The Morgan fingerprint density at radius 3 is 2.72 bits per heavy atom. The molecule has 1 saturated heterocycles. The van der Waals surface area contributed by atoms with Crippen LogP contribution in [-0.2, 0) is 4.74 Å². The Balaban J connectivity index is 0.000000730.